The number of thiophene rings is 1. The third-order valence-electron chi connectivity index (χ3n) is 2.65. The molecule has 86 valence electrons. The predicted octanol–water partition coefficient (Wildman–Crippen LogP) is 3.99. The Bertz CT molecular complexity index is 660. The molecule has 0 unspecified atom stereocenters. The summed E-state index contributed by atoms with van der Waals surface area (Å²) in [4.78, 5) is 0. The molecule has 17 heavy (non-hydrogen) atoms. The third-order valence-corrected chi connectivity index (χ3v) is 4.20. The summed E-state index contributed by atoms with van der Waals surface area (Å²) in [5.41, 5.74) is 6.64. The van der Waals surface area contributed by atoms with Gasteiger partial charge >= 0.3 is 0 Å². The lowest BCUT2D eigenvalue weighted by Gasteiger charge is -2.08. The number of nitrogens with two attached hydrogens (primary N) is 1. The molecule has 0 fully saturated rings. The van der Waals surface area contributed by atoms with Crippen molar-refractivity contribution in [3.63, 3.8) is 0 Å². The molecule has 1 aliphatic heterocycles. The molecule has 0 saturated heterocycles. The number of anilines is 1. The van der Waals surface area contributed by atoms with Crippen molar-refractivity contribution in [1.82, 2.24) is 0 Å². The lowest BCUT2D eigenvalue weighted by atomic mass is 10.1. The molecule has 0 saturated carbocycles. The Balaban J connectivity index is 2.43. The normalized spacial score (nSPS) is 15.3. The minimum absolute atomic E-state index is 0.136. The fourth-order valence-electron chi connectivity index (χ4n) is 1.85. The summed E-state index contributed by atoms with van der Waals surface area (Å²) in [7, 11) is 0. The van der Waals surface area contributed by atoms with Gasteiger partial charge < -0.3 is 5.73 Å². The largest absolute Gasteiger partial charge is 0.396 e. The van der Waals surface area contributed by atoms with E-state index in [-0.39, 0.29) is 5.70 Å². The van der Waals surface area contributed by atoms with Crippen LogP contribution in [-0.2, 0) is 0 Å². The average Bonchev–Trinajstić information content (AvgIpc) is 2.69. The highest BCUT2D eigenvalue weighted by Gasteiger charge is 2.21. The second-order valence-electron chi connectivity index (χ2n) is 3.67. The van der Waals surface area contributed by atoms with Crippen molar-refractivity contribution in [3.05, 3.63) is 47.9 Å². The summed E-state index contributed by atoms with van der Waals surface area (Å²) in [5.74, 6) is -0.460. The Labute approximate surface area is 107 Å². The number of rotatable bonds is 0. The number of nitrogens with zero attached hydrogens (tertiary/aromatic N) is 1. The molecule has 0 atom stereocenters. The molecule has 0 aliphatic carbocycles. The van der Waals surface area contributed by atoms with Gasteiger partial charge in [-0.3, -0.25) is 4.42 Å². The van der Waals surface area contributed by atoms with Crippen molar-refractivity contribution >= 4 is 43.9 Å². The maximum atomic E-state index is 13.7. The summed E-state index contributed by atoms with van der Waals surface area (Å²) >= 11 is 7.55. The molecule has 2 nitrogen and oxygen atoms in total. The lowest BCUT2D eigenvalue weighted by molar-refractivity contribution is 0.669. The monoisotopic (exact) mass is 266 g/mol. The zero-order chi connectivity index (χ0) is 12.0. The minimum atomic E-state index is -0.460. The lowest BCUT2D eigenvalue weighted by Crippen LogP contribution is -2.01. The molecular formula is C12H8ClFN2S. The van der Waals surface area contributed by atoms with Crippen molar-refractivity contribution in [2.75, 3.05) is 4.42 Å². The van der Waals surface area contributed by atoms with Crippen molar-refractivity contribution in [2.45, 2.75) is 0 Å². The van der Waals surface area contributed by atoms with E-state index in [9.17, 15) is 4.39 Å². The van der Waals surface area contributed by atoms with Crippen molar-refractivity contribution in [1.29, 1.82) is 0 Å². The quantitative estimate of drug-likeness (QED) is 0.731. The molecule has 2 aromatic rings. The molecule has 0 bridgehead atoms. The maximum Gasteiger partial charge on any atom is 0.148 e. The number of benzene rings is 1. The van der Waals surface area contributed by atoms with E-state index >= 15 is 0 Å². The van der Waals surface area contributed by atoms with E-state index in [2.05, 4.69) is 0 Å². The molecule has 3 rings (SSSR count). The average molecular weight is 267 g/mol. The standard InChI is InChI=1S/C12H8ClFN2S/c13-16-6-5-8(14)11(15)10-7-3-1-2-4-9(7)17-12(10)16/h1-6H,15H2. The first-order chi connectivity index (χ1) is 8.18. The van der Waals surface area contributed by atoms with Crippen LogP contribution in [0.3, 0.4) is 0 Å². The van der Waals surface area contributed by atoms with Crippen LogP contribution in [0.1, 0.15) is 5.56 Å². The molecule has 0 spiro atoms. The number of allylic oxidation sites excluding steroid dienone is 2. The van der Waals surface area contributed by atoms with Gasteiger partial charge in [-0.1, -0.05) is 18.2 Å². The van der Waals surface area contributed by atoms with Gasteiger partial charge in [0.05, 0.1) is 5.70 Å². The molecule has 0 amide bonds. The van der Waals surface area contributed by atoms with Gasteiger partial charge in [0.1, 0.15) is 10.8 Å². The summed E-state index contributed by atoms with van der Waals surface area (Å²) in [6, 6.07) is 7.72. The van der Waals surface area contributed by atoms with Gasteiger partial charge in [0.15, 0.2) is 0 Å². The van der Waals surface area contributed by atoms with E-state index in [4.69, 9.17) is 17.5 Å². The van der Waals surface area contributed by atoms with E-state index in [1.54, 1.807) is 0 Å². The molecular weight excluding hydrogens is 259 g/mol. The first-order valence-electron chi connectivity index (χ1n) is 4.99. The number of hydrogen-bond acceptors (Lipinski definition) is 3. The fourth-order valence-corrected chi connectivity index (χ4v) is 3.20. The van der Waals surface area contributed by atoms with Crippen molar-refractivity contribution in [3.8, 4) is 0 Å². The van der Waals surface area contributed by atoms with Crippen LogP contribution in [0, 0.1) is 0 Å². The molecule has 2 N–H and O–H groups in total. The molecule has 5 heteroatoms. The second-order valence-corrected chi connectivity index (χ2v) is 5.06. The maximum absolute atomic E-state index is 13.7. The van der Waals surface area contributed by atoms with Crippen LogP contribution in [0.2, 0.25) is 0 Å². The molecule has 2 heterocycles. The van der Waals surface area contributed by atoms with Gasteiger partial charge in [0.2, 0.25) is 0 Å². The van der Waals surface area contributed by atoms with Gasteiger partial charge in [-0.25, -0.2) is 4.39 Å². The number of fused-ring (bicyclic) bond motifs is 3. The topological polar surface area (TPSA) is 29.3 Å². The first kappa shape index (κ1) is 10.6. The van der Waals surface area contributed by atoms with Crippen LogP contribution in [-0.4, -0.2) is 0 Å². The fraction of sp³-hybridized carbons (Fsp3) is 0. The van der Waals surface area contributed by atoms with E-state index in [0.717, 1.165) is 15.1 Å². The summed E-state index contributed by atoms with van der Waals surface area (Å²) in [5, 5.41) is 1.67. The highest BCUT2D eigenvalue weighted by molar-refractivity contribution is 7.23. The van der Waals surface area contributed by atoms with Crippen LogP contribution >= 0.6 is 23.1 Å². The number of halogens is 2. The van der Waals surface area contributed by atoms with Gasteiger partial charge in [-0.2, -0.15) is 0 Å². The molecule has 1 aromatic carbocycles. The Morgan fingerprint density at radius 1 is 1.29 bits per heavy atom. The Kier molecular flexibility index (Phi) is 2.34. The van der Waals surface area contributed by atoms with E-state index in [0.29, 0.717) is 5.56 Å². The summed E-state index contributed by atoms with van der Waals surface area (Å²) in [6.07, 6.45) is 2.73. The predicted molar refractivity (Wildman–Crippen MR) is 71.5 cm³/mol. The van der Waals surface area contributed by atoms with Crippen LogP contribution in [0.25, 0.3) is 15.8 Å². The van der Waals surface area contributed by atoms with Gasteiger partial charge in [-0.15, -0.1) is 11.3 Å². The van der Waals surface area contributed by atoms with Crippen molar-refractivity contribution in [2.24, 2.45) is 5.73 Å². The SMILES string of the molecule is NC1=C(F)C=CN(Cl)c2sc3ccccc3c21. The Hall–Kier alpha value is -1.52. The van der Waals surface area contributed by atoms with Crippen LogP contribution < -0.4 is 10.2 Å². The zero-order valence-corrected chi connectivity index (χ0v) is 10.2. The van der Waals surface area contributed by atoms with Crippen molar-refractivity contribution < 1.29 is 4.39 Å². The van der Waals surface area contributed by atoms with E-state index in [1.807, 2.05) is 24.3 Å². The highest BCUT2D eigenvalue weighted by Crippen LogP contribution is 2.43. The second kappa shape index (κ2) is 3.75. The number of hydrogen-bond donors (Lipinski definition) is 1. The molecule has 1 aromatic heterocycles. The van der Waals surface area contributed by atoms with E-state index in [1.165, 1.54) is 28.0 Å². The highest BCUT2D eigenvalue weighted by atomic mass is 35.5. The first-order valence-corrected chi connectivity index (χ1v) is 6.14. The van der Waals surface area contributed by atoms with E-state index < -0.39 is 5.83 Å². The summed E-state index contributed by atoms with van der Waals surface area (Å²) < 4.78 is 16.1. The van der Waals surface area contributed by atoms with Gasteiger partial charge in [0.25, 0.3) is 0 Å². The smallest absolute Gasteiger partial charge is 0.148 e. The third kappa shape index (κ3) is 1.52. The van der Waals surface area contributed by atoms with Crippen LogP contribution in [0.5, 0.6) is 0 Å². The Morgan fingerprint density at radius 2 is 2.06 bits per heavy atom. The summed E-state index contributed by atoms with van der Waals surface area (Å²) in [6.45, 7) is 0. The van der Waals surface area contributed by atoms with Gasteiger partial charge in [0, 0.05) is 33.6 Å². The Morgan fingerprint density at radius 3 is 2.88 bits per heavy atom. The minimum Gasteiger partial charge on any atom is -0.396 e. The molecule has 1 aliphatic rings. The van der Waals surface area contributed by atoms with Crippen LogP contribution in [0.4, 0.5) is 9.39 Å². The van der Waals surface area contributed by atoms with Gasteiger partial charge in [-0.05, 0) is 12.1 Å². The van der Waals surface area contributed by atoms with Crippen LogP contribution in [0.15, 0.2) is 42.4 Å². The molecule has 0 radical (unpaired) electrons. The zero-order valence-electron chi connectivity index (χ0n) is 8.65.